The van der Waals surface area contributed by atoms with Crippen LogP contribution in [0.3, 0.4) is 0 Å². The van der Waals surface area contributed by atoms with Crippen molar-refractivity contribution in [3.8, 4) is 0 Å². The van der Waals surface area contributed by atoms with Gasteiger partial charge < -0.3 is 0 Å². The topological polar surface area (TPSA) is 83.8 Å². The van der Waals surface area contributed by atoms with E-state index >= 15 is 0 Å². The number of sulfonamides is 1. The highest BCUT2D eigenvalue weighted by molar-refractivity contribution is 7.89. The van der Waals surface area contributed by atoms with Crippen LogP contribution in [-0.4, -0.2) is 54.8 Å². The standard InChI is InChI=1S/C17H23N3O4S/c21-20(22)15-3-1-2-4-17(15)25(23,24)19-9-7-18(8-10-19)16-12-13-5-6-14(16)11-13/h1-4,13-14,16H,5-12H2/t13-,14-,16-/m0/s1. The first-order valence-electron chi connectivity index (χ1n) is 8.94. The summed E-state index contributed by atoms with van der Waals surface area (Å²) >= 11 is 0. The quantitative estimate of drug-likeness (QED) is 0.603. The maximum absolute atomic E-state index is 12.9. The van der Waals surface area contributed by atoms with E-state index in [2.05, 4.69) is 4.90 Å². The molecule has 7 nitrogen and oxygen atoms in total. The van der Waals surface area contributed by atoms with Crippen molar-refractivity contribution in [1.82, 2.24) is 9.21 Å². The molecule has 3 aliphatic rings. The van der Waals surface area contributed by atoms with Crippen molar-refractivity contribution in [2.45, 2.75) is 36.6 Å². The molecular weight excluding hydrogens is 342 g/mol. The van der Waals surface area contributed by atoms with Crippen LogP contribution in [0, 0.1) is 22.0 Å². The van der Waals surface area contributed by atoms with Crippen molar-refractivity contribution in [2.24, 2.45) is 11.8 Å². The molecule has 3 fully saturated rings. The van der Waals surface area contributed by atoms with E-state index in [0.29, 0.717) is 32.2 Å². The number of nitrogens with zero attached hydrogens (tertiary/aromatic N) is 3. The Kier molecular flexibility index (Phi) is 4.29. The van der Waals surface area contributed by atoms with E-state index < -0.39 is 14.9 Å². The highest BCUT2D eigenvalue weighted by Gasteiger charge is 2.43. The average Bonchev–Trinajstić information content (AvgIpc) is 3.25. The highest BCUT2D eigenvalue weighted by Crippen LogP contribution is 2.46. The summed E-state index contributed by atoms with van der Waals surface area (Å²) in [4.78, 5) is 12.8. The molecule has 0 unspecified atom stereocenters. The predicted molar refractivity (Wildman–Crippen MR) is 92.7 cm³/mol. The second kappa shape index (κ2) is 6.34. The number of nitro groups is 1. The van der Waals surface area contributed by atoms with Crippen LogP contribution in [0.2, 0.25) is 0 Å². The molecule has 1 aliphatic heterocycles. The Morgan fingerprint density at radius 2 is 1.76 bits per heavy atom. The normalized spacial score (nSPS) is 30.6. The van der Waals surface area contributed by atoms with E-state index in [1.54, 1.807) is 0 Å². The SMILES string of the molecule is O=[N+]([O-])c1ccccc1S(=O)(=O)N1CCN([C@H]2C[C@H]3CC[C@H]2C3)CC1. The molecule has 8 heteroatoms. The van der Waals surface area contributed by atoms with Crippen LogP contribution in [0.25, 0.3) is 0 Å². The minimum Gasteiger partial charge on any atom is -0.297 e. The minimum absolute atomic E-state index is 0.201. The lowest BCUT2D eigenvalue weighted by Crippen LogP contribution is -2.53. The van der Waals surface area contributed by atoms with Crippen LogP contribution in [0.5, 0.6) is 0 Å². The van der Waals surface area contributed by atoms with E-state index in [0.717, 1.165) is 11.8 Å². The molecule has 0 N–H and O–H groups in total. The van der Waals surface area contributed by atoms with E-state index in [4.69, 9.17) is 0 Å². The fraction of sp³-hybridized carbons (Fsp3) is 0.647. The molecular formula is C17H23N3O4S. The number of benzene rings is 1. The molecule has 1 aromatic carbocycles. The summed E-state index contributed by atoms with van der Waals surface area (Å²) in [6, 6.07) is 6.21. The van der Waals surface area contributed by atoms with Crippen LogP contribution in [0.1, 0.15) is 25.7 Å². The van der Waals surface area contributed by atoms with Crippen LogP contribution < -0.4 is 0 Å². The number of rotatable bonds is 4. The number of nitro benzene ring substituents is 1. The lowest BCUT2D eigenvalue weighted by Gasteiger charge is -2.40. The number of fused-ring (bicyclic) bond motifs is 2. The number of para-hydroxylation sites is 1. The number of hydrogen-bond acceptors (Lipinski definition) is 5. The Labute approximate surface area is 147 Å². The minimum atomic E-state index is -3.83. The smallest absolute Gasteiger partial charge is 0.289 e. The van der Waals surface area contributed by atoms with Gasteiger partial charge in [0, 0.05) is 38.3 Å². The largest absolute Gasteiger partial charge is 0.297 e. The van der Waals surface area contributed by atoms with Gasteiger partial charge in [-0.15, -0.1) is 0 Å². The zero-order valence-electron chi connectivity index (χ0n) is 14.1. The molecule has 3 atom stereocenters. The maximum Gasteiger partial charge on any atom is 0.289 e. The average molecular weight is 365 g/mol. The van der Waals surface area contributed by atoms with Gasteiger partial charge in [0.2, 0.25) is 10.0 Å². The summed E-state index contributed by atoms with van der Waals surface area (Å²) in [5, 5.41) is 11.2. The van der Waals surface area contributed by atoms with Crippen LogP contribution in [0.15, 0.2) is 29.2 Å². The van der Waals surface area contributed by atoms with Crippen LogP contribution in [-0.2, 0) is 10.0 Å². The van der Waals surface area contributed by atoms with E-state index in [9.17, 15) is 18.5 Å². The molecule has 1 saturated heterocycles. The lowest BCUT2D eigenvalue weighted by atomic mass is 9.93. The summed E-state index contributed by atoms with van der Waals surface area (Å²) in [5.74, 6) is 1.65. The fourth-order valence-electron chi connectivity index (χ4n) is 4.90. The first kappa shape index (κ1) is 16.9. The molecule has 2 saturated carbocycles. The Hall–Kier alpha value is -1.51. The molecule has 0 radical (unpaired) electrons. The van der Waals surface area contributed by atoms with Crippen molar-refractivity contribution in [2.75, 3.05) is 26.2 Å². The van der Waals surface area contributed by atoms with Crippen LogP contribution >= 0.6 is 0 Å². The molecule has 2 aliphatic carbocycles. The molecule has 1 aromatic rings. The van der Waals surface area contributed by atoms with Crippen molar-refractivity contribution >= 4 is 15.7 Å². The third-order valence-electron chi connectivity index (χ3n) is 6.12. The zero-order chi connectivity index (χ0) is 17.6. The molecule has 1 heterocycles. The molecule has 0 amide bonds. The Morgan fingerprint density at radius 1 is 1.04 bits per heavy atom. The first-order valence-corrected chi connectivity index (χ1v) is 10.4. The summed E-state index contributed by atoms with van der Waals surface area (Å²) in [7, 11) is -3.83. The third kappa shape index (κ3) is 2.96. The molecule has 136 valence electrons. The number of piperazine rings is 1. The molecule has 0 spiro atoms. The van der Waals surface area contributed by atoms with Crippen molar-refractivity contribution in [3.63, 3.8) is 0 Å². The van der Waals surface area contributed by atoms with Gasteiger partial charge in [0.1, 0.15) is 0 Å². The van der Waals surface area contributed by atoms with Gasteiger partial charge in [0.15, 0.2) is 4.90 Å². The van der Waals surface area contributed by atoms with Gasteiger partial charge in [-0.1, -0.05) is 18.6 Å². The molecule has 25 heavy (non-hydrogen) atoms. The summed E-state index contributed by atoms with van der Waals surface area (Å²) in [6.07, 6.45) is 5.25. The Balaban J connectivity index is 1.48. The Bertz CT molecular complexity index is 774. The van der Waals surface area contributed by atoms with E-state index in [1.807, 2.05) is 0 Å². The third-order valence-corrected chi connectivity index (χ3v) is 8.07. The van der Waals surface area contributed by atoms with Crippen LogP contribution in [0.4, 0.5) is 5.69 Å². The van der Waals surface area contributed by atoms with E-state index in [1.165, 1.54) is 54.3 Å². The van der Waals surface area contributed by atoms with Gasteiger partial charge in [0.25, 0.3) is 5.69 Å². The second-order valence-electron chi connectivity index (χ2n) is 7.41. The maximum atomic E-state index is 12.9. The summed E-state index contributed by atoms with van der Waals surface area (Å²) in [6.45, 7) is 2.24. The van der Waals surface area contributed by atoms with Gasteiger partial charge >= 0.3 is 0 Å². The van der Waals surface area contributed by atoms with Crippen molar-refractivity contribution in [1.29, 1.82) is 0 Å². The monoisotopic (exact) mass is 365 g/mol. The van der Waals surface area contributed by atoms with Gasteiger partial charge in [-0.2, -0.15) is 4.31 Å². The lowest BCUT2D eigenvalue weighted by molar-refractivity contribution is -0.387. The van der Waals surface area contributed by atoms with E-state index in [-0.39, 0.29) is 10.6 Å². The highest BCUT2D eigenvalue weighted by atomic mass is 32.2. The summed E-state index contributed by atoms with van der Waals surface area (Å²) < 4.78 is 27.1. The second-order valence-corrected chi connectivity index (χ2v) is 9.31. The van der Waals surface area contributed by atoms with Gasteiger partial charge in [0.05, 0.1) is 4.92 Å². The number of hydrogen-bond donors (Lipinski definition) is 0. The molecule has 0 aromatic heterocycles. The fourth-order valence-corrected chi connectivity index (χ4v) is 6.48. The molecule has 4 rings (SSSR count). The first-order chi connectivity index (χ1) is 12.0. The Morgan fingerprint density at radius 3 is 2.36 bits per heavy atom. The summed E-state index contributed by atoms with van der Waals surface area (Å²) in [5.41, 5.74) is -0.349. The zero-order valence-corrected chi connectivity index (χ0v) is 14.9. The van der Waals surface area contributed by atoms with Crippen molar-refractivity contribution in [3.05, 3.63) is 34.4 Å². The van der Waals surface area contributed by atoms with Gasteiger partial charge in [-0.3, -0.25) is 15.0 Å². The molecule has 2 bridgehead atoms. The van der Waals surface area contributed by atoms with Crippen molar-refractivity contribution < 1.29 is 13.3 Å². The van der Waals surface area contributed by atoms with Gasteiger partial charge in [-0.25, -0.2) is 8.42 Å². The van der Waals surface area contributed by atoms with Gasteiger partial charge in [-0.05, 0) is 37.2 Å². The predicted octanol–water partition coefficient (Wildman–Crippen LogP) is 2.09.